The molecule has 30 heavy (non-hydrogen) atoms. The first-order valence-electron chi connectivity index (χ1n) is 10.2. The highest BCUT2D eigenvalue weighted by molar-refractivity contribution is 5.87. The van der Waals surface area contributed by atoms with Gasteiger partial charge in [0.2, 0.25) is 0 Å². The molecule has 4 rings (SSSR count). The van der Waals surface area contributed by atoms with Crippen molar-refractivity contribution in [2.24, 2.45) is 7.05 Å². The van der Waals surface area contributed by atoms with Crippen LogP contribution in [0.15, 0.2) is 48.8 Å². The number of pyridine rings is 1. The highest BCUT2D eigenvalue weighted by Gasteiger charge is 2.17. The minimum absolute atomic E-state index is 0.239. The van der Waals surface area contributed by atoms with E-state index >= 15 is 0 Å². The molecule has 0 aliphatic heterocycles. The Kier molecular flexibility index (Phi) is 5.97. The lowest BCUT2D eigenvalue weighted by Gasteiger charge is -2.10. The van der Waals surface area contributed by atoms with Crippen molar-refractivity contribution in [1.82, 2.24) is 24.7 Å². The van der Waals surface area contributed by atoms with Gasteiger partial charge in [-0.3, -0.25) is 9.67 Å². The molecule has 0 saturated heterocycles. The predicted octanol–water partition coefficient (Wildman–Crippen LogP) is 4.25. The van der Waals surface area contributed by atoms with Crippen molar-refractivity contribution in [2.75, 3.05) is 5.32 Å². The van der Waals surface area contributed by atoms with Crippen molar-refractivity contribution in [3.05, 3.63) is 77.3 Å². The van der Waals surface area contributed by atoms with Crippen molar-refractivity contribution in [1.29, 1.82) is 0 Å². The summed E-state index contributed by atoms with van der Waals surface area (Å²) >= 11 is 0. The summed E-state index contributed by atoms with van der Waals surface area (Å²) in [6.45, 7) is 2.68. The molecular formula is C23H25FN6. The fourth-order valence-electron chi connectivity index (χ4n) is 3.52. The summed E-state index contributed by atoms with van der Waals surface area (Å²) in [4.78, 5) is 13.8. The molecule has 0 saturated carbocycles. The predicted molar refractivity (Wildman–Crippen MR) is 116 cm³/mol. The van der Waals surface area contributed by atoms with Gasteiger partial charge in [-0.15, -0.1) is 0 Å². The zero-order chi connectivity index (χ0) is 20.9. The Morgan fingerprint density at radius 3 is 2.57 bits per heavy atom. The standard InChI is InChI=1S/C23H25FN6/c1-3-5-19-21-22(30(2)29-19)23(26-15-17-7-10-18(24)11-8-17)28-20(27-21)12-9-16-6-4-13-25-14-16/h4,6-8,10-11,13-14H,3,5,9,12,15H2,1-2H3,(H,26,27,28). The Labute approximate surface area is 175 Å². The molecule has 3 aromatic heterocycles. The molecule has 3 heterocycles. The lowest BCUT2D eigenvalue weighted by Crippen LogP contribution is -2.08. The number of nitrogens with zero attached hydrogens (tertiary/aromatic N) is 5. The van der Waals surface area contributed by atoms with Gasteiger partial charge in [0.05, 0.1) is 5.69 Å². The summed E-state index contributed by atoms with van der Waals surface area (Å²) in [5, 5.41) is 8.09. The van der Waals surface area contributed by atoms with Crippen LogP contribution in [0.3, 0.4) is 0 Å². The molecular weight excluding hydrogens is 379 g/mol. The summed E-state index contributed by atoms with van der Waals surface area (Å²) in [6.07, 6.45) is 7.05. The number of benzene rings is 1. The zero-order valence-corrected chi connectivity index (χ0v) is 17.3. The number of anilines is 1. The van der Waals surface area contributed by atoms with E-state index in [1.54, 1.807) is 18.3 Å². The van der Waals surface area contributed by atoms with E-state index in [0.29, 0.717) is 13.0 Å². The fourth-order valence-corrected chi connectivity index (χ4v) is 3.52. The number of hydrogen-bond acceptors (Lipinski definition) is 5. The largest absolute Gasteiger partial charge is 0.364 e. The van der Waals surface area contributed by atoms with E-state index in [2.05, 4.69) is 28.4 Å². The van der Waals surface area contributed by atoms with E-state index < -0.39 is 0 Å². The summed E-state index contributed by atoms with van der Waals surface area (Å²) in [5.74, 6) is 1.29. The molecule has 0 bridgehead atoms. The van der Waals surface area contributed by atoms with E-state index in [0.717, 1.165) is 58.8 Å². The van der Waals surface area contributed by atoms with Crippen LogP contribution in [0.4, 0.5) is 10.2 Å². The Bertz CT molecular complexity index is 1120. The van der Waals surface area contributed by atoms with Crippen molar-refractivity contribution >= 4 is 16.9 Å². The van der Waals surface area contributed by atoms with Crippen LogP contribution < -0.4 is 5.32 Å². The quantitative estimate of drug-likeness (QED) is 0.476. The highest BCUT2D eigenvalue weighted by Crippen LogP contribution is 2.25. The van der Waals surface area contributed by atoms with Gasteiger partial charge in [0, 0.05) is 32.4 Å². The smallest absolute Gasteiger partial charge is 0.156 e. The third kappa shape index (κ3) is 4.45. The van der Waals surface area contributed by atoms with Crippen LogP contribution in [-0.4, -0.2) is 24.7 Å². The summed E-state index contributed by atoms with van der Waals surface area (Å²) < 4.78 is 15.1. The van der Waals surface area contributed by atoms with E-state index in [9.17, 15) is 4.39 Å². The SMILES string of the molecule is CCCc1nn(C)c2c(NCc3ccc(F)cc3)nc(CCc3cccnc3)nc12. The molecule has 0 amide bonds. The molecule has 1 N–H and O–H groups in total. The van der Waals surface area contributed by atoms with E-state index in [1.807, 2.05) is 24.0 Å². The number of nitrogens with one attached hydrogen (secondary N) is 1. The Morgan fingerprint density at radius 1 is 1.00 bits per heavy atom. The first-order chi connectivity index (χ1) is 14.6. The Morgan fingerprint density at radius 2 is 1.83 bits per heavy atom. The number of halogens is 1. The van der Waals surface area contributed by atoms with Crippen LogP contribution in [0.2, 0.25) is 0 Å². The van der Waals surface area contributed by atoms with Crippen molar-refractivity contribution in [2.45, 2.75) is 39.2 Å². The normalized spacial score (nSPS) is 11.2. The molecule has 0 aliphatic carbocycles. The maximum atomic E-state index is 13.2. The van der Waals surface area contributed by atoms with Gasteiger partial charge in [-0.2, -0.15) is 5.10 Å². The maximum absolute atomic E-state index is 13.2. The molecule has 0 unspecified atom stereocenters. The number of hydrogen-bond donors (Lipinski definition) is 1. The average molecular weight is 404 g/mol. The monoisotopic (exact) mass is 404 g/mol. The Hall–Kier alpha value is -3.35. The molecule has 0 atom stereocenters. The second-order valence-corrected chi connectivity index (χ2v) is 7.35. The second kappa shape index (κ2) is 8.98. The summed E-state index contributed by atoms with van der Waals surface area (Å²) in [7, 11) is 1.92. The number of aromatic nitrogens is 5. The minimum atomic E-state index is -0.239. The van der Waals surface area contributed by atoms with Gasteiger partial charge >= 0.3 is 0 Å². The van der Waals surface area contributed by atoms with Gasteiger partial charge in [0.25, 0.3) is 0 Å². The maximum Gasteiger partial charge on any atom is 0.156 e. The van der Waals surface area contributed by atoms with E-state index in [4.69, 9.17) is 9.97 Å². The molecule has 0 spiro atoms. The zero-order valence-electron chi connectivity index (χ0n) is 17.3. The van der Waals surface area contributed by atoms with Crippen LogP contribution in [0.1, 0.15) is 36.0 Å². The lowest BCUT2D eigenvalue weighted by atomic mass is 10.1. The molecule has 4 aromatic rings. The van der Waals surface area contributed by atoms with Crippen LogP contribution in [0, 0.1) is 5.82 Å². The first-order valence-corrected chi connectivity index (χ1v) is 10.2. The Balaban J connectivity index is 1.65. The van der Waals surface area contributed by atoms with Gasteiger partial charge in [-0.05, 0) is 42.2 Å². The van der Waals surface area contributed by atoms with Crippen LogP contribution in [0.5, 0.6) is 0 Å². The minimum Gasteiger partial charge on any atom is -0.364 e. The van der Waals surface area contributed by atoms with Crippen molar-refractivity contribution in [3.8, 4) is 0 Å². The molecule has 0 fully saturated rings. The fraction of sp³-hybridized carbons (Fsp3) is 0.304. The van der Waals surface area contributed by atoms with Gasteiger partial charge < -0.3 is 5.32 Å². The summed E-state index contributed by atoms with van der Waals surface area (Å²) in [5.41, 5.74) is 4.92. The van der Waals surface area contributed by atoms with Crippen molar-refractivity contribution < 1.29 is 4.39 Å². The molecule has 7 heteroatoms. The van der Waals surface area contributed by atoms with Gasteiger partial charge in [0.1, 0.15) is 22.7 Å². The van der Waals surface area contributed by atoms with Crippen LogP contribution in [0.25, 0.3) is 11.0 Å². The topological polar surface area (TPSA) is 68.5 Å². The molecule has 6 nitrogen and oxygen atoms in total. The lowest BCUT2D eigenvalue weighted by molar-refractivity contribution is 0.627. The molecule has 154 valence electrons. The number of fused-ring (bicyclic) bond motifs is 1. The van der Waals surface area contributed by atoms with Crippen LogP contribution >= 0.6 is 0 Å². The third-order valence-corrected chi connectivity index (χ3v) is 5.02. The molecule has 1 aromatic carbocycles. The van der Waals surface area contributed by atoms with Gasteiger partial charge in [0.15, 0.2) is 5.82 Å². The highest BCUT2D eigenvalue weighted by atomic mass is 19.1. The van der Waals surface area contributed by atoms with Crippen molar-refractivity contribution in [3.63, 3.8) is 0 Å². The van der Waals surface area contributed by atoms with Gasteiger partial charge in [-0.1, -0.05) is 31.5 Å². The van der Waals surface area contributed by atoms with Crippen LogP contribution in [-0.2, 0) is 32.9 Å². The van der Waals surface area contributed by atoms with E-state index in [-0.39, 0.29) is 5.82 Å². The van der Waals surface area contributed by atoms with E-state index in [1.165, 1.54) is 12.1 Å². The second-order valence-electron chi connectivity index (χ2n) is 7.35. The van der Waals surface area contributed by atoms with Gasteiger partial charge in [-0.25, -0.2) is 14.4 Å². The number of rotatable bonds is 8. The number of aryl methyl sites for hydroxylation is 4. The summed E-state index contributed by atoms with van der Waals surface area (Å²) in [6, 6.07) is 10.5. The average Bonchev–Trinajstić information content (AvgIpc) is 3.08. The molecule has 0 radical (unpaired) electrons. The molecule has 0 aliphatic rings. The first kappa shape index (κ1) is 19.9. The third-order valence-electron chi connectivity index (χ3n) is 5.02.